The summed E-state index contributed by atoms with van der Waals surface area (Å²) in [7, 11) is 0. The van der Waals surface area contributed by atoms with Gasteiger partial charge in [-0.2, -0.15) is 0 Å². The monoisotopic (exact) mass is 616 g/mol. The Balaban J connectivity index is 1.85. The number of hydrogen-bond donors (Lipinski definition) is 5. The summed E-state index contributed by atoms with van der Waals surface area (Å²) in [4.78, 5) is 42.2. The highest BCUT2D eigenvalue weighted by Crippen LogP contribution is 2.16. The molecule has 45 heavy (non-hydrogen) atoms. The number of benzene rings is 3. The number of amides is 3. The van der Waals surface area contributed by atoms with Crippen molar-refractivity contribution >= 4 is 17.7 Å². The van der Waals surface area contributed by atoms with Crippen molar-refractivity contribution in [3.8, 4) is 0 Å². The van der Waals surface area contributed by atoms with Gasteiger partial charge in [0.1, 0.15) is 6.04 Å². The van der Waals surface area contributed by atoms with E-state index in [4.69, 9.17) is 0 Å². The molecule has 0 aliphatic rings. The van der Waals surface area contributed by atoms with Gasteiger partial charge in [0.2, 0.25) is 5.91 Å². The van der Waals surface area contributed by atoms with Crippen LogP contribution in [-0.2, 0) is 17.6 Å². The van der Waals surface area contributed by atoms with E-state index in [1.165, 1.54) is 0 Å². The first-order valence-corrected chi connectivity index (χ1v) is 15.9. The quantitative estimate of drug-likeness (QED) is 0.149. The van der Waals surface area contributed by atoms with Gasteiger partial charge < -0.3 is 31.1 Å². The molecule has 0 spiro atoms. The molecule has 0 aliphatic heterocycles. The van der Waals surface area contributed by atoms with E-state index in [9.17, 15) is 24.6 Å². The van der Waals surface area contributed by atoms with Crippen molar-refractivity contribution in [1.82, 2.24) is 20.9 Å². The Kier molecular flexibility index (Phi) is 14.7. The van der Waals surface area contributed by atoms with Gasteiger partial charge in [0, 0.05) is 37.3 Å². The second kappa shape index (κ2) is 18.7. The lowest BCUT2D eigenvalue weighted by atomic mass is 9.94. The molecule has 0 aliphatic carbocycles. The second-order valence-corrected chi connectivity index (χ2v) is 11.3. The highest BCUT2D eigenvalue weighted by atomic mass is 16.3. The first-order chi connectivity index (χ1) is 21.8. The average molecular weight is 617 g/mol. The van der Waals surface area contributed by atoms with E-state index in [0.29, 0.717) is 37.2 Å². The summed E-state index contributed by atoms with van der Waals surface area (Å²) in [6.45, 7) is 7.34. The Bertz CT molecular complexity index is 1350. The summed E-state index contributed by atoms with van der Waals surface area (Å²) in [5, 5.41) is 29.9. The third-order valence-electron chi connectivity index (χ3n) is 7.54. The number of aliphatic hydroxyl groups is 2. The van der Waals surface area contributed by atoms with Crippen LogP contribution in [0.5, 0.6) is 0 Å². The lowest BCUT2D eigenvalue weighted by Gasteiger charge is -2.31. The molecule has 3 unspecified atom stereocenters. The van der Waals surface area contributed by atoms with Crippen molar-refractivity contribution in [2.24, 2.45) is 0 Å². The van der Waals surface area contributed by atoms with Crippen molar-refractivity contribution in [3.05, 3.63) is 107 Å². The lowest BCUT2D eigenvalue weighted by Crippen LogP contribution is -2.59. The number of aliphatic hydroxyl groups excluding tert-OH is 2. The molecule has 3 aromatic carbocycles. The number of carbonyl (C=O) groups excluding carboxylic acids is 3. The highest BCUT2D eigenvalue weighted by molar-refractivity contribution is 6.00. The van der Waals surface area contributed by atoms with Crippen LogP contribution < -0.4 is 16.0 Å². The van der Waals surface area contributed by atoms with Crippen LogP contribution in [0.3, 0.4) is 0 Å². The Morgan fingerprint density at radius 1 is 0.822 bits per heavy atom. The van der Waals surface area contributed by atoms with E-state index in [0.717, 1.165) is 29.5 Å². The second-order valence-electron chi connectivity index (χ2n) is 11.3. The van der Waals surface area contributed by atoms with E-state index in [1.807, 2.05) is 81.4 Å². The van der Waals surface area contributed by atoms with E-state index in [1.54, 1.807) is 23.1 Å². The maximum absolute atomic E-state index is 13.7. The molecular formula is C36H48N4O5. The number of carbonyl (C=O) groups is 3. The zero-order chi connectivity index (χ0) is 32.6. The maximum atomic E-state index is 13.7. The van der Waals surface area contributed by atoms with Gasteiger partial charge in [-0.1, -0.05) is 74.5 Å². The van der Waals surface area contributed by atoms with Crippen LogP contribution in [0.15, 0.2) is 78.9 Å². The summed E-state index contributed by atoms with van der Waals surface area (Å²) in [6.07, 6.45) is 1.18. The van der Waals surface area contributed by atoms with Crippen LogP contribution in [0, 0.1) is 6.92 Å². The van der Waals surface area contributed by atoms with Gasteiger partial charge in [-0.25, -0.2) is 0 Å². The minimum absolute atomic E-state index is 0.0786. The van der Waals surface area contributed by atoms with Crippen LogP contribution in [-0.4, -0.2) is 83.8 Å². The van der Waals surface area contributed by atoms with E-state index in [-0.39, 0.29) is 25.5 Å². The lowest BCUT2D eigenvalue weighted by molar-refractivity contribution is -0.126. The molecule has 0 fully saturated rings. The van der Waals surface area contributed by atoms with Crippen molar-refractivity contribution < 1.29 is 24.6 Å². The van der Waals surface area contributed by atoms with Gasteiger partial charge in [0.05, 0.1) is 18.8 Å². The van der Waals surface area contributed by atoms with Crippen molar-refractivity contribution in [3.63, 3.8) is 0 Å². The Labute approximate surface area is 267 Å². The normalized spacial score (nSPS) is 13.0. The zero-order valence-electron chi connectivity index (χ0n) is 26.7. The van der Waals surface area contributed by atoms with Gasteiger partial charge in [0.15, 0.2) is 0 Å². The third-order valence-corrected chi connectivity index (χ3v) is 7.54. The number of rotatable bonds is 18. The molecule has 3 atom stereocenters. The topological polar surface area (TPSA) is 131 Å². The van der Waals surface area contributed by atoms with Crippen molar-refractivity contribution in [2.75, 3.05) is 32.8 Å². The van der Waals surface area contributed by atoms with Gasteiger partial charge >= 0.3 is 0 Å². The van der Waals surface area contributed by atoms with Crippen molar-refractivity contribution in [2.45, 2.75) is 64.6 Å². The molecule has 9 heteroatoms. The van der Waals surface area contributed by atoms with Gasteiger partial charge in [0.25, 0.3) is 11.8 Å². The Hall–Kier alpha value is -4.05. The van der Waals surface area contributed by atoms with Gasteiger partial charge in [-0.3, -0.25) is 14.4 Å². The summed E-state index contributed by atoms with van der Waals surface area (Å²) in [5.41, 5.74) is 3.42. The van der Waals surface area contributed by atoms with E-state index in [2.05, 4.69) is 16.0 Å². The SMILES string of the molecule is CCCN(CCC)C(=O)c1cc(C)cc(C(=O)NC(Cc2ccccc2)C(O)C(NCCO)C(=O)NCCc2ccccc2)c1. The third kappa shape index (κ3) is 11.1. The minimum Gasteiger partial charge on any atom is -0.395 e. The Morgan fingerprint density at radius 2 is 1.42 bits per heavy atom. The van der Waals surface area contributed by atoms with Crippen LogP contribution >= 0.6 is 0 Å². The Morgan fingerprint density at radius 3 is 2.02 bits per heavy atom. The number of nitrogens with zero attached hydrogens (tertiary/aromatic N) is 1. The molecule has 0 saturated heterocycles. The molecule has 0 aromatic heterocycles. The fraction of sp³-hybridized carbons (Fsp3) is 0.417. The molecule has 3 rings (SSSR count). The zero-order valence-corrected chi connectivity index (χ0v) is 26.7. The van der Waals surface area contributed by atoms with Crippen LogP contribution in [0.25, 0.3) is 0 Å². The van der Waals surface area contributed by atoms with Crippen LogP contribution in [0.4, 0.5) is 0 Å². The fourth-order valence-corrected chi connectivity index (χ4v) is 5.36. The predicted molar refractivity (Wildman–Crippen MR) is 177 cm³/mol. The van der Waals surface area contributed by atoms with Gasteiger partial charge in [-0.15, -0.1) is 0 Å². The van der Waals surface area contributed by atoms with Crippen LogP contribution in [0.2, 0.25) is 0 Å². The molecule has 242 valence electrons. The molecule has 9 nitrogen and oxygen atoms in total. The maximum Gasteiger partial charge on any atom is 0.253 e. The highest BCUT2D eigenvalue weighted by Gasteiger charge is 2.34. The molecule has 0 saturated carbocycles. The first kappa shape index (κ1) is 35.4. The smallest absolute Gasteiger partial charge is 0.253 e. The number of aryl methyl sites for hydroxylation is 1. The molecule has 0 heterocycles. The molecule has 5 N–H and O–H groups in total. The predicted octanol–water partition coefficient (Wildman–Crippen LogP) is 3.27. The molecular weight excluding hydrogens is 568 g/mol. The fourth-order valence-electron chi connectivity index (χ4n) is 5.36. The van der Waals surface area contributed by atoms with Gasteiger partial charge in [-0.05, 0) is 67.5 Å². The molecule has 3 aromatic rings. The average Bonchev–Trinajstić information content (AvgIpc) is 3.04. The van der Waals surface area contributed by atoms with E-state index >= 15 is 0 Å². The summed E-state index contributed by atoms with van der Waals surface area (Å²) in [6, 6.07) is 22.3. The largest absolute Gasteiger partial charge is 0.395 e. The number of hydrogen-bond acceptors (Lipinski definition) is 6. The standard InChI is InChI=1S/C36H48N4O5/c1-4-19-40(20-5-2)36(45)30-23-26(3)22-29(25-30)34(43)39-31(24-28-14-10-7-11-15-28)33(42)32(37-18-21-41)35(44)38-17-16-27-12-8-6-9-13-27/h6-15,22-23,25,31-33,37,41-42H,4-5,16-21,24H2,1-3H3,(H,38,44)(H,39,43). The molecule has 0 bridgehead atoms. The summed E-state index contributed by atoms with van der Waals surface area (Å²) in [5.74, 6) is -1.03. The molecule has 3 amide bonds. The summed E-state index contributed by atoms with van der Waals surface area (Å²) < 4.78 is 0. The van der Waals surface area contributed by atoms with Crippen molar-refractivity contribution in [1.29, 1.82) is 0 Å². The minimum atomic E-state index is -1.34. The first-order valence-electron chi connectivity index (χ1n) is 15.9. The summed E-state index contributed by atoms with van der Waals surface area (Å²) >= 11 is 0. The number of nitrogens with one attached hydrogen (secondary N) is 3. The molecule has 0 radical (unpaired) electrons. The van der Waals surface area contributed by atoms with Crippen LogP contribution in [0.1, 0.15) is 64.1 Å². The van der Waals surface area contributed by atoms with E-state index < -0.39 is 30.0 Å².